The quantitative estimate of drug-likeness (QED) is 0.286. The maximum Gasteiger partial charge on any atom is 0.216 e. The van der Waals surface area contributed by atoms with E-state index in [4.69, 9.17) is 4.42 Å². The van der Waals surface area contributed by atoms with Crippen molar-refractivity contribution in [3.05, 3.63) is 89.1 Å². The van der Waals surface area contributed by atoms with Crippen molar-refractivity contribution < 1.29 is 17.8 Å². The number of nitrogens with zero attached hydrogens (tertiary/aromatic N) is 1. The molecule has 4 heteroatoms. The van der Waals surface area contributed by atoms with Crippen LogP contribution < -0.4 is 4.57 Å². The summed E-state index contributed by atoms with van der Waals surface area (Å²) in [5.41, 5.74) is 7.82. The zero-order chi connectivity index (χ0) is 21.9. The Hall–Kier alpha value is -3.53. The fourth-order valence-corrected chi connectivity index (χ4v) is 4.39. The Morgan fingerprint density at radius 1 is 0.839 bits per heavy atom. The second-order valence-electron chi connectivity index (χ2n) is 8.23. The Balaban J connectivity index is 1.84. The SMILES string of the molecule is Cc1ccc(-c2cc(-c3c(C)cc(F)c4c3oc3cc(F)ccc34)[n+](C)cc2C)cc1. The Kier molecular flexibility index (Phi) is 4.40. The fourth-order valence-electron chi connectivity index (χ4n) is 4.39. The summed E-state index contributed by atoms with van der Waals surface area (Å²) in [4.78, 5) is 0. The smallest absolute Gasteiger partial charge is 0.216 e. The van der Waals surface area contributed by atoms with E-state index in [9.17, 15) is 8.78 Å². The van der Waals surface area contributed by atoms with E-state index >= 15 is 0 Å². The number of pyridine rings is 1. The molecule has 0 aliphatic heterocycles. The number of hydrogen-bond donors (Lipinski definition) is 0. The Labute approximate surface area is 179 Å². The van der Waals surface area contributed by atoms with E-state index < -0.39 is 5.82 Å². The molecule has 0 fully saturated rings. The van der Waals surface area contributed by atoms with E-state index in [-0.39, 0.29) is 5.82 Å². The summed E-state index contributed by atoms with van der Waals surface area (Å²) in [6.45, 7) is 6.02. The van der Waals surface area contributed by atoms with Gasteiger partial charge in [0, 0.05) is 23.1 Å². The molecule has 0 saturated heterocycles. The first-order valence-electron chi connectivity index (χ1n) is 10.2. The van der Waals surface area contributed by atoms with Gasteiger partial charge in [0.25, 0.3) is 0 Å². The molecule has 0 amide bonds. The van der Waals surface area contributed by atoms with Crippen LogP contribution in [0.2, 0.25) is 0 Å². The second-order valence-corrected chi connectivity index (χ2v) is 8.23. The molecule has 0 N–H and O–H groups in total. The van der Waals surface area contributed by atoms with Crippen LogP contribution in [0.4, 0.5) is 8.78 Å². The van der Waals surface area contributed by atoms with Crippen LogP contribution in [0, 0.1) is 32.4 Å². The summed E-state index contributed by atoms with van der Waals surface area (Å²) in [6, 6.07) is 16.3. The third-order valence-electron chi connectivity index (χ3n) is 5.95. The van der Waals surface area contributed by atoms with E-state index in [0.29, 0.717) is 21.9 Å². The molecule has 0 atom stereocenters. The predicted octanol–water partition coefficient (Wildman–Crippen LogP) is 6.95. The highest BCUT2D eigenvalue weighted by Gasteiger charge is 2.25. The van der Waals surface area contributed by atoms with Crippen molar-refractivity contribution in [2.75, 3.05) is 0 Å². The molecule has 0 saturated carbocycles. The summed E-state index contributed by atoms with van der Waals surface area (Å²) in [6.07, 6.45) is 2.07. The van der Waals surface area contributed by atoms with E-state index in [0.717, 1.165) is 33.5 Å². The highest BCUT2D eigenvalue weighted by atomic mass is 19.1. The van der Waals surface area contributed by atoms with Crippen molar-refractivity contribution in [3.63, 3.8) is 0 Å². The van der Waals surface area contributed by atoms with Gasteiger partial charge in [-0.2, -0.15) is 0 Å². The number of furan rings is 1. The molecular weight excluding hydrogens is 392 g/mol. The minimum absolute atomic E-state index is 0.342. The second kappa shape index (κ2) is 7.02. The molecule has 0 unspecified atom stereocenters. The Morgan fingerprint density at radius 3 is 2.32 bits per heavy atom. The average Bonchev–Trinajstić information content (AvgIpc) is 3.08. The van der Waals surface area contributed by atoms with Crippen molar-refractivity contribution in [3.8, 4) is 22.4 Å². The van der Waals surface area contributed by atoms with Crippen LogP contribution in [0.3, 0.4) is 0 Å². The van der Waals surface area contributed by atoms with E-state index in [2.05, 4.69) is 50.4 Å². The molecule has 0 radical (unpaired) electrons. The number of benzene rings is 3. The van der Waals surface area contributed by atoms with Gasteiger partial charge >= 0.3 is 0 Å². The highest BCUT2D eigenvalue weighted by Crippen LogP contribution is 2.39. The molecule has 2 aromatic heterocycles. The molecule has 5 rings (SSSR count). The lowest BCUT2D eigenvalue weighted by atomic mass is 9.95. The van der Waals surface area contributed by atoms with Crippen molar-refractivity contribution in [2.24, 2.45) is 7.05 Å². The lowest BCUT2D eigenvalue weighted by Crippen LogP contribution is -2.31. The van der Waals surface area contributed by atoms with E-state index in [1.54, 1.807) is 6.07 Å². The van der Waals surface area contributed by atoms with Gasteiger partial charge in [-0.3, -0.25) is 0 Å². The number of rotatable bonds is 2. The first-order valence-corrected chi connectivity index (χ1v) is 10.2. The summed E-state index contributed by atoms with van der Waals surface area (Å²) >= 11 is 0. The fraction of sp³-hybridized carbons (Fsp3) is 0.148. The molecule has 0 spiro atoms. The van der Waals surface area contributed by atoms with Gasteiger partial charge in [-0.25, -0.2) is 13.3 Å². The molecule has 0 aliphatic rings. The topological polar surface area (TPSA) is 17.0 Å². The monoisotopic (exact) mass is 414 g/mol. The van der Waals surface area contributed by atoms with Crippen LogP contribution in [0.25, 0.3) is 44.3 Å². The number of fused-ring (bicyclic) bond motifs is 3. The van der Waals surface area contributed by atoms with Crippen molar-refractivity contribution >= 4 is 21.9 Å². The Morgan fingerprint density at radius 2 is 1.58 bits per heavy atom. The van der Waals surface area contributed by atoms with Gasteiger partial charge in [0.15, 0.2) is 11.8 Å². The van der Waals surface area contributed by atoms with E-state index in [1.165, 1.54) is 23.8 Å². The third kappa shape index (κ3) is 3.10. The van der Waals surface area contributed by atoms with Gasteiger partial charge in [0.05, 0.1) is 10.9 Å². The molecular formula is C27H22F2NO+. The molecule has 2 nitrogen and oxygen atoms in total. The zero-order valence-corrected chi connectivity index (χ0v) is 17.9. The van der Waals surface area contributed by atoms with Gasteiger partial charge in [-0.05, 0) is 55.7 Å². The Bertz CT molecular complexity index is 1480. The lowest BCUT2D eigenvalue weighted by molar-refractivity contribution is -0.660. The minimum atomic E-state index is -0.409. The van der Waals surface area contributed by atoms with Crippen LogP contribution >= 0.6 is 0 Å². The van der Waals surface area contributed by atoms with Gasteiger partial charge in [0.1, 0.15) is 24.3 Å². The van der Waals surface area contributed by atoms with Gasteiger partial charge < -0.3 is 4.42 Å². The number of aryl methyl sites for hydroxylation is 4. The molecule has 3 aromatic carbocycles. The van der Waals surface area contributed by atoms with Crippen LogP contribution in [-0.4, -0.2) is 0 Å². The summed E-state index contributed by atoms with van der Waals surface area (Å²) in [5.74, 6) is -0.775. The normalized spacial score (nSPS) is 11.5. The molecule has 31 heavy (non-hydrogen) atoms. The van der Waals surface area contributed by atoms with Crippen molar-refractivity contribution in [2.45, 2.75) is 20.8 Å². The first-order chi connectivity index (χ1) is 14.8. The van der Waals surface area contributed by atoms with Gasteiger partial charge in [-0.1, -0.05) is 29.8 Å². The average molecular weight is 414 g/mol. The first kappa shape index (κ1) is 19.4. The summed E-state index contributed by atoms with van der Waals surface area (Å²) in [7, 11) is 1.97. The highest BCUT2D eigenvalue weighted by molar-refractivity contribution is 6.10. The van der Waals surface area contributed by atoms with Crippen LogP contribution in [0.1, 0.15) is 16.7 Å². The van der Waals surface area contributed by atoms with Crippen LogP contribution in [0.5, 0.6) is 0 Å². The standard InChI is InChI=1S/C27H22F2NO/c1-15-5-7-18(8-6-15)21-13-23(30(4)14-17(21)3)25-16(2)11-22(29)26-20-10-9-19(28)12-24(20)31-27(25)26/h5-14H,1-4H3/q+1. The molecule has 2 heterocycles. The molecule has 0 bridgehead atoms. The van der Waals surface area contributed by atoms with Gasteiger partial charge in [0.2, 0.25) is 5.69 Å². The number of aromatic nitrogens is 1. The van der Waals surface area contributed by atoms with Crippen LogP contribution in [-0.2, 0) is 7.05 Å². The maximum absolute atomic E-state index is 15.0. The largest absolute Gasteiger partial charge is 0.455 e. The number of hydrogen-bond acceptors (Lipinski definition) is 1. The third-order valence-corrected chi connectivity index (χ3v) is 5.95. The minimum Gasteiger partial charge on any atom is -0.455 e. The predicted molar refractivity (Wildman–Crippen MR) is 120 cm³/mol. The van der Waals surface area contributed by atoms with Crippen molar-refractivity contribution in [1.82, 2.24) is 0 Å². The molecule has 0 aliphatic carbocycles. The summed E-state index contributed by atoms with van der Waals surface area (Å²) in [5, 5.41) is 0.955. The van der Waals surface area contributed by atoms with Crippen LogP contribution in [0.15, 0.2) is 65.2 Å². The number of halogens is 2. The van der Waals surface area contributed by atoms with Gasteiger partial charge in [-0.15, -0.1) is 0 Å². The molecule has 5 aromatic rings. The van der Waals surface area contributed by atoms with E-state index in [1.807, 2.05) is 18.5 Å². The maximum atomic E-state index is 15.0. The van der Waals surface area contributed by atoms with Crippen molar-refractivity contribution in [1.29, 1.82) is 0 Å². The lowest BCUT2D eigenvalue weighted by Gasteiger charge is -2.11. The molecule has 154 valence electrons. The zero-order valence-electron chi connectivity index (χ0n) is 17.9. The summed E-state index contributed by atoms with van der Waals surface area (Å²) < 4.78 is 36.8.